The van der Waals surface area contributed by atoms with Crippen molar-refractivity contribution in [1.29, 1.82) is 0 Å². The van der Waals surface area contributed by atoms with E-state index in [9.17, 15) is 4.79 Å². The van der Waals surface area contributed by atoms with Crippen LogP contribution in [-0.2, 0) is 0 Å². The summed E-state index contributed by atoms with van der Waals surface area (Å²) in [6.07, 6.45) is 0. The van der Waals surface area contributed by atoms with Gasteiger partial charge in [-0.3, -0.25) is 4.79 Å². The van der Waals surface area contributed by atoms with Gasteiger partial charge in [-0.2, -0.15) is 0 Å². The van der Waals surface area contributed by atoms with E-state index in [1.807, 2.05) is 56.3 Å². The maximum Gasteiger partial charge on any atom is 0.251 e. The number of aryl methyl sites for hydroxylation is 1. The normalized spacial score (nSPS) is 11.8. The van der Waals surface area contributed by atoms with Crippen LogP contribution < -0.4 is 10.1 Å². The van der Waals surface area contributed by atoms with Crippen molar-refractivity contribution in [2.24, 2.45) is 0 Å². The molecule has 1 amide bonds. The van der Waals surface area contributed by atoms with Gasteiger partial charge < -0.3 is 10.1 Å². The Morgan fingerprint density at radius 2 is 1.86 bits per heavy atom. The zero-order valence-electron chi connectivity index (χ0n) is 12.3. The zero-order chi connectivity index (χ0) is 15.4. The maximum atomic E-state index is 12.3. The molecule has 2 rings (SSSR count). The fraction of sp³-hybridized carbons (Fsp3) is 0.235. The number of rotatable bonds is 4. The lowest BCUT2D eigenvalue weighted by molar-refractivity contribution is 0.0940. The van der Waals surface area contributed by atoms with Crippen LogP contribution >= 0.6 is 15.9 Å². The van der Waals surface area contributed by atoms with E-state index in [1.165, 1.54) is 0 Å². The molecule has 0 bridgehead atoms. The number of nitrogens with one attached hydrogen (secondary N) is 1. The molecule has 0 saturated heterocycles. The van der Waals surface area contributed by atoms with Crippen molar-refractivity contribution in [3.63, 3.8) is 0 Å². The van der Waals surface area contributed by atoms with Gasteiger partial charge in [-0.1, -0.05) is 28.1 Å². The van der Waals surface area contributed by atoms with E-state index in [1.54, 1.807) is 7.11 Å². The highest BCUT2D eigenvalue weighted by Gasteiger charge is 2.12. The quantitative estimate of drug-likeness (QED) is 0.897. The van der Waals surface area contributed by atoms with E-state index in [0.29, 0.717) is 5.56 Å². The standard InChI is InChI=1S/C17H18BrNO2/c1-11-10-14(6-9-16(11)18)17(20)19-12(2)13-4-7-15(21-3)8-5-13/h4-10,12H,1-3H3,(H,19,20). The van der Waals surface area contributed by atoms with Crippen molar-refractivity contribution < 1.29 is 9.53 Å². The second-order valence-corrected chi connectivity index (χ2v) is 5.79. The molecule has 1 atom stereocenters. The summed E-state index contributed by atoms with van der Waals surface area (Å²) in [6.45, 7) is 3.93. The van der Waals surface area contributed by atoms with Gasteiger partial charge in [0, 0.05) is 10.0 Å². The highest BCUT2D eigenvalue weighted by atomic mass is 79.9. The Balaban J connectivity index is 2.08. The first kappa shape index (κ1) is 15.6. The first-order valence-corrected chi connectivity index (χ1v) is 7.51. The summed E-state index contributed by atoms with van der Waals surface area (Å²) in [5.41, 5.74) is 2.74. The fourth-order valence-electron chi connectivity index (χ4n) is 2.04. The van der Waals surface area contributed by atoms with Gasteiger partial charge in [0.1, 0.15) is 5.75 Å². The van der Waals surface area contributed by atoms with Gasteiger partial charge >= 0.3 is 0 Å². The van der Waals surface area contributed by atoms with Crippen LogP contribution in [0.5, 0.6) is 5.75 Å². The van der Waals surface area contributed by atoms with Crippen LogP contribution in [0.3, 0.4) is 0 Å². The number of methoxy groups -OCH3 is 1. The van der Waals surface area contributed by atoms with Crippen LogP contribution in [0.25, 0.3) is 0 Å². The summed E-state index contributed by atoms with van der Waals surface area (Å²) in [7, 11) is 1.63. The molecule has 0 aliphatic carbocycles. The molecular formula is C17H18BrNO2. The lowest BCUT2D eigenvalue weighted by Gasteiger charge is -2.15. The van der Waals surface area contributed by atoms with Gasteiger partial charge in [0.15, 0.2) is 0 Å². The number of benzene rings is 2. The van der Waals surface area contributed by atoms with E-state index >= 15 is 0 Å². The van der Waals surface area contributed by atoms with Crippen LogP contribution in [-0.4, -0.2) is 13.0 Å². The van der Waals surface area contributed by atoms with Crippen molar-refractivity contribution in [3.8, 4) is 5.75 Å². The first-order valence-electron chi connectivity index (χ1n) is 6.72. The fourth-order valence-corrected chi connectivity index (χ4v) is 2.29. The SMILES string of the molecule is COc1ccc(C(C)NC(=O)c2ccc(Br)c(C)c2)cc1. The molecule has 0 spiro atoms. The minimum Gasteiger partial charge on any atom is -0.497 e. The number of carbonyl (C=O) groups is 1. The third kappa shape index (κ3) is 3.85. The van der Waals surface area contributed by atoms with Gasteiger partial charge in [0.05, 0.1) is 13.2 Å². The molecule has 1 unspecified atom stereocenters. The average Bonchev–Trinajstić information content (AvgIpc) is 2.50. The summed E-state index contributed by atoms with van der Waals surface area (Å²) >= 11 is 3.44. The summed E-state index contributed by atoms with van der Waals surface area (Å²) in [6, 6.07) is 13.2. The molecule has 4 heteroatoms. The van der Waals surface area contributed by atoms with Crippen LogP contribution in [0.4, 0.5) is 0 Å². The Morgan fingerprint density at radius 3 is 2.43 bits per heavy atom. The van der Waals surface area contributed by atoms with Gasteiger partial charge in [-0.25, -0.2) is 0 Å². The summed E-state index contributed by atoms with van der Waals surface area (Å²) < 4.78 is 6.13. The van der Waals surface area contributed by atoms with Gasteiger partial charge in [0.2, 0.25) is 0 Å². The molecule has 0 saturated carbocycles. The Hall–Kier alpha value is -1.81. The average molecular weight is 348 g/mol. The number of ether oxygens (including phenoxy) is 1. The third-order valence-electron chi connectivity index (χ3n) is 3.38. The third-order valence-corrected chi connectivity index (χ3v) is 4.27. The minimum atomic E-state index is -0.0751. The molecule has 1 N–H and O–H groups in total. The second-order valence-electron chi connectivity index (χ2n) is 4.93. The Morgan fingerprint density at radius 1 is 1.19 bits per heavy atom. The van der Waals surface area contributed by atoms with Crippen molar-refractivity contribution in [2.45, 2.75) is 19.9 Å². The zero-order valence-corrected chi connectivity index (χ0v) is 13.9. The molecule has 3 nitrogen and oxygen atoms in total. The predicted molar refractivity (Wildman–Crippen MR) is 87.8 cm³/mol. The lowest BCUT2D eigenvalue weighted by Crippen LogP contribution is -2.26. The monoisotopic (exact) mass is 347 g/mol. The van der Waals surface area contributed by atoms with Crippen LogP contribution in [0, 0.1) is 6.92 Å². The number of carbonyl (C=O) groups excluding carboxylic acids is 1. The van der Waals surface area contributed by atoms with Crippen molar-refractivity contribution >= 4 is 21.8 Å². The number of hydrogen-bond acceptors (Lipinski definition) is 2. The van der Waals surface area contributed by atoms with E-state index < -0.39 is 0 Å². The molecule has 0 aliphatic rings. The number of amides is 1. The molecule has 0 fully saturated rings. The van der Waals surface area contributed by atoms with Crippen molar-refractivity contribution in [3.05, 3.63) is 63.6 Å². The largest absolute Gasteiger partial charge is 0.497 e. The minimum absolute atomic E-state index is 0.0626. The molecule has 0 aromatic heterocycles. The molecule has 110 valence electrons. The number of halogens is 1. The summed E-state index contributed by atoms with van der Waals surface area (Å²) in [5.74, 6) is 0.731. The van der Waals surface area contributed by atoms with E-state index in [4.69, 9.17) is 4.74 Å². The molecule has 0 heterocycles. The maximum absolute atomic E-state index is 12.3. The summed E-state index contributed by atoms with van der Waals surface area (Å²) in [4.78, 5) is 12.3. The molecular weight excluding hydrogens is 330 g/mol. The highest BCUT2D eigenvalue weighted by Crippen LogP contribution is 2.20. The van der Waals surface area contributed by atoms with Crippen LogP contribution in [0.2, 0.25) is 0 Å². The highest BCUT2D eigenvalue weighted by molar-refractivity contribution is 9.10. The Labute approximate surface area is 133 Å². The first-order chi connectivity index (χ1) is 10.0. The van der Waals surface area contributed by atoms with E-state index in [0.717, 1.165) is 21.3 Å². The Kier molecular flexibility index (Phi) is 5.02. The summed E-state index contributed by atoms with van der Waals surface area (Å²) in [5, 5.41) is 3.00. The topological polar surface area (TPSA) is 38.3 Å². The molecule has 21 heavy (non-hydrogen) atoms. The van der Waals surface area contributed by atoms with E-state index in [-0.39, 0.29) is 11.9 Å². The van der Waals surface area contributed by atoms with Crippen LogP contribution in [0.15, 0.2) is 46.9 Å². The number of hydrogen-bond donors (Lipinski definition) is 1. The predicted octanol–water partition coefficient (Wildman–Crippen LogP) is 4.26. The van der Waals surface area contributed by atoms with E-state index in [2.05, 4.69) is 21.2 Å². The Bertz CT molecular complexity index is 638. The van der Waals surface area contributed by atoms with Crippen molar-refractivity contribution in [2.75, 3.05) is 7.11 Å². The van der Waals surface area contributed by atoms with Gasteiger partial charge in [-0.05, 0) is 55.3 Å². The smallest absolute Gasteiger partial charge is 0.251 e. The van der Waals surface area contributed by atoms with Crippen LogP contribution in [0.1, 0.15) is 34.5 Å². The molecule has 0 aliphatic heterocycles. The lowest BCUT2D eigenvalue weighted by atomic mass is 10.1. The second kappa shape index (κ2) is 6.76. The van der Waals surface area contributed by atoms with Gasteiger partial charge in [0.25, 0.3) is 5.91 Å². The molecule has 2 aromatic carbocycles. The molecule has 2 aromatic rings. The van der Waals surface area contributed by atoms with Crippen molar-refractivity contribution in [1.82, 2.24) is 5.32 Å². The molecule has 0 radical (unpaired) electrons. The van der Waals surface area contributed by atoms with Gasteiger partial charge in [-0.15, -0.1) is 0 Å².